The van der Waals surface area contributed by atoms with E-state index in [2.05, 4.69) is 20.6 Å². The summed E-state index contributed by atoms with van der Waals surface area (Å²) < 4.78 is 0. The van der Waals surface area contributed by atoms with Gasteiger partial charge in [-0.05, 0) is 31.1 Å². The number of aromatic nitrogens is 2. The lowest BCUT2D eigenvalue weighted by Gasteiger charge is -2.21. The maximum absolute atomic E-state index is 12.1. The number of dihydropyridines is 1. The molecule has 0 fully saturated rings. The second kappa shape index (κ2) is 7.25. The van der Waals surface area contributed by atoms with Crippen molar-refractivity contribution < 1.29 is 9.59 Å². The van der Waals surface area contributed by atoms with Gasteiger partial charge in [-0.15, -0.1) is 0 Å². The Morgan fingerprint density at radius 1 is 1.28 bits per heavy atom. The zero-order valence-corrected chi connectivity index (χ0v) is 14.2. The summed E-state index contributed by atoms with van der Waals surface area (Å²) in [6, 6.07) is 3.46. The molecule has 25 heavy (non-hydrogen) atoms. The van der Waals surface area contributed by atoms with Gasteiger partial charge < -0.3 is 10.6 Å². The molecule has 0 saturated heterocycles. The fraction of sp³-hybridized carbons (Fsp3) is 0.263. The summed E-state index contributed by atoms with van der Waals surface area (Å²) in [4.78, 5) is 31.3. The van der Waals surface area contributed by atoms with E-state index in [1.54, 1.807) is 18.5 Å². The first-order valence-corrected chi connectivity index (χ1v) is 8.26. The first-order chi connectivity index (χ1) is 12.1. The van der Waals surface area contributed by atoms with E-state index in [1.165, 1.54) is 0 Å². The molecule has 0 aromatic carbocycles. The van der Waals surface area contributed by atoms with Crippen LogP contribution >= 0.6 is 0 Å². The van der Waals surface area contributed by atoms with E-state index in [-0.39, 0.29) is 11.8 Å². The molecular weight excluding hydrogens is 316 g/mol. The smallest absolute Gasteiger partial charge is 0.212 e. The van der Waals surface area contributed by atoms with Crippen molar-refractivity contribution in [1.82, 2.24) is 15.3 Å². The first kappa shape index (κ1) is 16.8. The number of pyridine rings is 2. The number of amides is 1. The largest absolute Gasteiger partial charge is 0.378 e. The summed E-state index contributed by atoms with van der Waals surface area (Å²) >= 11 is 0. The summed E-state index contributed by atoms with van der Waals surface area (Å²) in [5, 5.41) is 7.52. The Bertz CT molecular complexity index is 886. The molecular formula is C19H20N4O2. The van der Waals surface area contributed by atoms with Crippen LogP contribution in [-0.2, 0) is 9.59 Å². The second-order valence-electron chi connectivity index (χ2n) is 6.02. The number of fused-ring (bicyclic) bond motifs is 1. The number of hydrogen-bond donors (Lipinski definition) is 2. The lowest BCUT2D eigenvalue weighted by Crippen LogP contribution is -2.34. The van der Waals surface area contributed by atoms with E-state index < -0.39 is 0 Å². The number of rotatable bonds is 6. The van der Waals surface area contributed by atoms with Crippen LogP contribution in [0.2, 0.25) is 0 Å². The SMILES string of the molecule is CCCC(=O)C1C=C(C)C(c2cc3cnc(NC=O)cc3cn2)=CN1. The lowest BCUT2D eigenvalue weighted by atomic mass is 9.96. The zero-order valence-electron chi connectivity index (χ0n) is 14.2. The van der Waals surface area contributed by atoms with Crippen LogP contribution in [0.4, 0.5) is 5.82 Å². The molecule has 2 aromatic heterocycles. The topological polar surface area (TPSA) is 84.0 Å². The quantitative estimate of drug-likeness (QED) is 0.793. The molecule has 128 valence electrons. The second-order valence-corrected chi connectivity index (χ2v) is 6.02. The van der Waals surface area contributed by atoms with Gasteiger partial charge in [0, 0.05) is 41.4 Å². The van der Waals surface area contributed by atoms with Gasteiger partial charge in [0.1, 0.15) is 11.9 Å². The third kappa shape index (κ3) is 3.57. The van der Waals surface area contributed by atoms with Gasteiger partial charge in [-0.1, -0.05) is 13.0 Å². The van der Waals surface area contributed by atoms with Gasteiger partial charge in [0.15, 0.2) is 5.78 Å². The van der Waals surface area contributed by atoms with Crippen LogP contribution in [0, 0.1) is 0 Å². The van der Waals surface area contributed by atoms with Crippen molar-refractivity contribution >= 4 is 34.4 Å². The number of nitrogens with one attached hydrogen (secondary N) is 2. The molecule has 6 heteroatoms. The van der Waals surface area contributed by atoms with Gasteiger partial charge in [-0.25, -0.2) is 4.98 Å². The van der Waals surface area contributed by atoms with Crippen LogP contribution in [0.15, 0.2) is 42.4 Å². The van der Waals surface area contributed by atoms with Crippen molar-refractivity contribution in [2.24, 2.45) is 0 Å². The minimum Gasteiger partial charge on any atom is -0.378 e. The highest BCUT2D eigenvalue weighted by molar-refractivity contribution is 5.92. The number of carbonyl (C=O) groups is 2. The molecule has 0 radical (unpaired) electrons. The van der Waals surface area contributed by atoms with Crippen LogP contribution in [-0.4, -0.2) is 28.2 Å². The summed E-state index contributed by atoms with van der Waals surface area (Å²) in [6.07, 6.45) is 9.29. The average Bonchev–Trinajstić information content (AvgIpc) is 2.62. The van der Waals surface area contributed by atoms with Crippen molar-refractivity contribution in [3.63, 3.8) is 0 Å². The van der Waals surface area contributed by atoms with E-state index in [1.807, 2.05) is 32.2 Å². The molecule has 1 amide bonds. The lowest BCUT2D eigenvalue weighted by molar-refractivity contribution is -0.119. The molecule has 2 N–H and O–H groups in total. The van der Waals surface area contributed by atoms with Gasteiger partial charge in [-0.2, -0.15) is 0 Å². The molecule has 6 nitrogen and oxygen atoms in total. The summed E-state index contributed by atoms with van der Waals surface area (Å²) in [5.41, 5.74) is 2.79. The van der Waals surface area contributed by atoms with Crippen molar-refractivity contribution in [3.05, 3.63) is 48.1 Å². The number of Topliss-reactive ketones (excluding diaryl/α,β-unsaturated/α-hetero) is 1. The Labute approximate surface area is 146 Å². The number of hydrogen-bond acceptors (Lipinski definition) is 5. The molecule has 3 rings (SSSR count). The maximum atomic E-state index is 12.1. The monoisotopic (exact) mass is 336 g/mol. The Hall–Kier alpha value is -3.02. The minimum atomic E-state index is -0.261. The summed E-state index contributed by atoms with van der Waals surface area (Å²) in [5.74, 6) is 0.687. The number of ketones is 1. The van der Waals surface area contributed by atoms with E-state index in [0.29, 0.717) is 18.6 Å². The van der Waals surface area contributed by atoms with Gasteiger partial charge in [-0.3, -0.25) is 14.6 Å². The van der Waals surface area contributed by atoms with Crippen molar-refractivity contribution in [1.29, 1.82) is 0 Å². The zero-order chi connectivity index (χ0) is 17.8. The molecule has 0 bridgehead atoms. The molecule has 1 unspecified atom stereocenters. The van der Waals surface area contributed by atoms with Crippen LogP contribution in [0.25, 0.3) is 16.3 Å². The fourth-order valence-electron chi connectivity index (χ4n) is 2.86. The van der Waals surface area contributed by atoms with Crippen LogP contribution in [0.5, 0.6) is 0 Å². The minimum absolute atomic E-state index is 0.197. The Balaban J connectivity index is 1.87. The third-order valence-electron chi connectivity index (χ3n) is 4.18. The van der Waals surface area contributed by atoms with Gasteiger partial charge in [0.05, 0.1) is 5.69 Å². The summed E-state index contributed by atoms with van der Waals surface area (Å²) in [7, 11) is 0. The van der Waals surface area contributed by atoms with E-state index in [9.17, 15) is 9.59 Å². The predicted octanol–water partition coefficient (Wildman–Crippen LogP) is 2.83. The summed E-state index contributed by atoms with van der Waals surface area (Å²) in [6.45, 7) is 3.99. The molecule has 1 aliphatic heterocycles. The predicted molar refractivity (Wildman–Crippen MR) is 97.8 cm³/mol. The van der Waals surface area contributed by atoms with E-state index in [4.69, 9.17) is 0 Å². The van der Waals surface area contributed by atoms with Gasteiger partial charge in [0.2, 0.25) is 6.41 Å². The highest BCUT2D eigenvalue weighted by Gasteiger charge is 2.19. The molecule has 1 atom stereocenters. The van der Waals surface area contributed by atoms with Crippen molar-refractivity contribution in [3.8, 4) is 0 Å². The van der Waals surface area contributed by atoms with Crippen LogP contribution in [0.3, 0.4) is 0 Å². The molecule has 0 saturated carbocycles. The molecule has 2 aromatic rings. The molecule has 0 spiro atoms. The number of nitrogens with zero attached hydrogens (tertiary/aromatic N) is 2. The van der Waals surface area contributed by atoms with E-state index >= 15 is 0 Å². The third-order valence-corrected chi connectivity index (χ3v) is 4.18. The molecule has 0 aliphatic carbocycles. The standard InChI is InChI=1S/C19H20N4O2/c1-3-4-18(25)17-5-12(2)15(10-21-17)16-6-13-9-22-19(23-11-24)7-14(13)8-20-16/h5-11,17,21H,3-4H2,1-2H3,(H,22,23,24). The highest BCUT2D eigenvalue weighted by Crippen LogP contribution is 2.27. The van der Waals surface area contributed by atoms with E-state index in [0.717, 1.165) is 34.0 Å². The fourth-order valence-corrected chi connectivity index (χ4v) is 2.86. The Morgan fingerprint density at radius 3 is 2.76 bits per heavy atom. The average molecular weight is 336 g/mol. The number of carbonyl (C=O) groups excluding carboxylic acids is 2. The molecule has 1 aliphatic rings. The number of anilines is 1. The Morgan fingerprint density at radius 2 is 2.04 bits per heavy atom. The van der Waals surface area contributed by atoms with Crippen LogP contribution in [0.1, 0.15) is 32.4 Å². The Kier molecular flexibility index (Phi) is 4.88. The van der Waals surface area contributed by atoms with Gasteiger partial charge in [0.25, 0.3) is 0 Å². The van der Waals surface area contributed by atoms with Crippen LogP contribution < -0.4 is 10.6 Å². The first-order valence-electron chi connectivity index (χ1n) is 8.26. The maximum Gasteiger partial charge on any atom is 0.212 e. The highest BCUT2D eigenvalue weighted by atomic mass is 16.1. The van der Waals surface area contributed by atoms with Gasteiger partial charge >= 0.3 is 0 Å². The van der Waals surface area contributed by atoms with Crippen molar-refractivity contribution in [2.45, 2.75) is 32.7 Å². The number of allylic oxidation sites excluding steroid dienone is 2. The van der Waals surface area contributed by atoms with Crippen molar-refractivity contribution in [2.75, 3.05) is 5.32 Å². The molecule has 3 heterocycles. The normalized spacial score (nSPS) is 16.6.